The SMILES string of the molecule is O=C(C1CC(O)CN1C(=O)c1ccc2c(c1)CCC2)N1CCCC1. The van der Waals surface area contributed by atoms with E-state index in [4.69, 9.17) is 0 Å². The molecule has 1 aromatic rings. The molecule has 0 radical (unpaired) electrons. The molecule has 2 aliphatic heterocycles. The molecule has 2 saturated heterocycles. The Morgan fingerprint density at radius 1 is 1.04 bits per heavy atom. The third-order valence-electron chi connectivity index (χ3n) is 5.59. The first-order valence-corrected chi connectivity index (χ1v) is 9.03. The highest BCUT2D eigenvalue weighted by Crippen LogP contribution is 2.27. The summed E-state index contributed by atoms with van der Waals surface area (Å²) in [4.78, 5) is 29.1. The molecule has 1 aromatic carbocycles. The zero-order valence-electron chi connectivity index (χ0n) is 13.9. The molecule has 2 amide bonds. The van der Waals surface area contributed by atoms with Gasteiger partial charge in [-0.15, -0.1) is 0 Å². The van der Waals surface area contributed by atoms with E-state index in [2.05, 4.69) is 0 Å². The molecule has 4 rings (SSSR count). The first kappa shape index (κ1) is 15.6. The topological polar surface area (TPSA) is 60.9 Å². The van der Waals surface area contributed by atoms with Crippen molar-refractivity contribution in [3.63, 3.8) is 0 Å². The molecule has 128 valence electrons. The van der Waals surface area contributed by atoms with Crippen LogP contribution in [0.1, 0.15) is 47.2 Å². The van der Waals surface area contributed by atoms with Crippen molar-refractivity contribution in [2.75, 3.05) is 19.6 Å². The predicted octanol–water partition coefficient (Wildman–Crippen LogP) is 1.37. The number of nitrogens with zero attached hydrogens (tertiary/aromatic N) is 2. The van der Waals surface area contributed by atoms with Crippen LogP contribution in [-0.4, -0.2) is 58.5 Å². The lowest BCUT2D eigenvalue weighted by molar-refractivity contribution is -0.134. The van der Waals surface area contributed by atoms with E-state index in [1.54, 1.807) is 4.90 Å². The molecular weight excluding hydrogens is 304 g/mol. The molecular formula is C19H24N2O3. The highest BCUT2D eigenvalue weighted by atomic mass is 16.3. The molecule has 0 spiro atoms. The average molecular weight is 328 g/mol. The second kappa shape index (κ2) is 6.20. The van der Waals surface area contributed by atoms with Crippen LogP contribution in [0.15, 0.2) is 18.2 Å². The number of aryl methyl sites for hydroxylation is 2. The molecule has 5 heteroatoms. The lowest BCUT2D eigenvalue weighted by Crippen LogP contribution is -2.47. The molecule has 3 aliphatic rings. The highest BCUT2D eigenvalue weighted by molar-refractivity contribution is 5.98. The van der Waals surface area contributed by atoms with E-state index in [-0.39, 0.29) is 18.4 Å². The Balaban J connectivity index is 1.56. The van der Waals surface area contributed by atoms with Crippen LogP contribution in [0.4, 0.5) is 0 Å². The van der Waals surface area contributed by atoms with Crippen LogP contribution in [0.2, 0.25) is 0 Å². The second-order valence-electron chi connectivity index (χ2n) is 7.23. The van der Waals surface area contributed by atoms with Crippen molar-refractivity contribution in [2.45, 2.75) is 50.7 Å². The number of β-amino-alcohol motifs (C(OH)–C–C–N with tert-alkyl or cyclic N) is 1. The second-order valence-corrected chi connectivity index (χ2v) is 7.23. The van der Waals surface area contributed by atoms with E-state index in [0.29, 0.717) is 12.0 Å². The number of hydrogen-bond acceptors (Lipinski definition) is 3. The van der Waals surface area contributed by atoms with Crippen molar-refractivity contribution >= 4 is 11.8 Å². The number of benzene rings is 1. The van der Waals surface area contributed by atoms with Crippen molar-refractivity contribution in [3.05, 3.63) is 34.9 Å². The van der Waals surface area contributed by atoms with Gasteiger partial charge in [-0.2, -0.15) is 0 Å². The number of likely N-dealkylation sites (tertiary alicyclic amines) is 2. The Morgan fingerprint density at radius 2 is 1.79 bits per heavy atom. The minimum atomic E-state index is -0.611. The maximum absolute atomic E-state index is 13.0. The fraction of sp³-hybridized carbons (Fsp3) is 0.579. The number of aliphatic hydroxyl groups excluding tert-OH is 1. The van der Waals surface area contributed by atoms with Crippen LogP contribution in [0, 0.1) is 0 Å². The summed E-state index contributed by atoms with van der Waals surface area (Å²) in [6.45, 7) is 1.79. The Morgan fingerprint density at radius 3 is 2.58 bits per heavy atom. The van der Waals surface area contributed by atoms with Gasteiger partial charge in [-0.3, -0.25) is 9.59 Å². The van der Waals surface area contributed by atoms with Gasteiger partial charge in [0.15, 0.2) is 0 Å². The number of aliphatic hydroxyl groups is 1. The van der Waals surface area contributed by atoms with Crippen molar-refractivity contribution < 1.29 is 14.7 Å². The predicted molar refractivity (Wildman–Crippen MR) is 89.7 cm³/mol. The highest BCUT2D eigenvalue weighted by Gasteiger charge is 2.41. The summed E-state index contributed by atoms with van der Waals surface area (Å²) in [5.41, 5.74) is 3.23. The van der Waals surface area contributed by atoms with Crippen LogP contribution in [0.5, 0.6) is 0 Å². The summed E-state index contributed by atoms with van der Waals surface area (Å²) >= 11 is 0. The standard InChI is InChI=1S/C19H24N2O3/c22-16-11-17(19(24)20-8-1-2-9-20)21(12-16)18(23)15-7-6-13-4-3-5-14(13)10-15/h6-7,10,16-17,22H,1-5,8-9,11-12H2. The Kier molecular flexibility index (Phi) is 4.04. The van der Waals surface area contributed by atoms with Gasteiger partial charge in [0, 0.05) is 31.6 Å². The fourth-order valence-corrected chi connectivity index (χ4v) is 4.29. The number of rotatable bonds is 2. The van der Waals surface area contributed by atoms with E-state index in [0.717, 1.165) is 45.2 Å². The summed E-state index contributed by atoms with van der Waals surface area (Å²) < 4.78 is 0. The largest absolute Gasteiger partial charge is 0.391 e. The summed E-state index contributed by atoms with van der Waals surface area (Å²) in [5.74, 6) is -0.127. The molecule has 24 heavy (non-hydrogen) atoms. The lowest BCUT2D eigenvalue weighted by atomic mass is 10.0. The third-order valence-corrected chi connectivity index (χ3v) is 5.59. The first-order chi connectivity index (χ1) is 11.6. The average Bonchev–Trinajstić information content (AvgIpc) is 3.32. The zero-order valence-corrected chi connectivity index (χ0v) is 13.9. The van der Waals surface area contributed by atoms with E-state index >= 15 is 0 Å². The zero-order chi connectivity index (χ0) is 16.7. The molecule has 5 nitrogen and oxygen atoms in total. The van der Waals surface area contributed by atoms with Crippen LogP contribution in [0.3, 0.4) is 0 Å². The minimum Gasteiger partial charge on any atom is -0.391 e. The van der Waals surface area contributed by atoms with Gasteiger partial charge in [0.05, 0.1) is 6.10 Å². The van der Waals surface area contributed by atoms with Gasteiger partial charge in [-0.05, 0) is 55.4 Å². The van der Waals surface area contributed by atoms with E-state index in [9.17, 15) is 14.7 Å². The van der Waals surface area contributed by atoms with Crippen LogP contribution in [0.25, 0.3) is 0 Å². The molecule has 2 heterocycles. The van der Waals surface area contributed by atoms with Gasteiger partial charge in [0.25, 0.3) is 5.91 Å². The van der Waals surface area contributed by atoms with Gasteiger partial charge in [-0.1, -0.05) is 6.07 Å². The number of carbonyl (C=O) groups is 2. The summed E-state index contributed by atoms with van der Waals surface area (Å²) in [6, 6.07) is 5.37. The van der Waals surface area contributed by atoms with Gasteiger partial charge >= 0.3 is 0 Å². The normalized spacial score (nSPS) is 26.0. The first-order valence-electron chi connectivity index (χ1n) is 9.03. The summed E-state index contributed by atoms with van der Waals surface area (Å²) in [7, 11) is 0. The van der Waals surface area contributed by atoms with E-state index in [1.165, 1.54) is 11.1 Å². The summed E-state index contributed by atoms with van der Waals surface area (Å²) in [6.07, 6.45) is 5.05. The quantitative estimate of drug-likeness (QED) is 0.892. The monoisotopic (exact) mass is 328 g/mol. The van der Waals surface area contributed by atoms with Crippen molar-refractivity contribution in [2.24, 2.45) is 0 Å². The van der Waals surface area contributed by atoms with Gasteiger partial charge < -0.3 is 14.9 Å². The van der Waals surface area contributed by atoms with Crippen molar-refractivity contribution in [3.8, 4) is 0 Å². The molecule has 2 fully saturated rings. The maximum Gasteiger partial charge on any atom is 0.254 e. The molecule has 2 atom stereocenters. The molecule has 0 bridgehead atoms. The van der Waals surface area contributed by atoms with Crippen molar-refractivity contribution in [1.82, 2.24) is 9.80 Å². The molecule has 0 saturated carbocycles. The minimum absolute atomic E-state index is 0.00133. The number of hydrogen-bond donors (Lipinski definition) is 1. The summed E-state index contributed by atoms with van der Waals surface area (Å²) in [5, 5.41) is 10.0. The van der Waals surface area contributed by atoms with Gasteiger partial charge in [0.2, 0.25) is 5.91 Å². The van der Waals surface area contributed by atoms with Crippen LogP contribution in [-0.2, 0) is 17.6 Å². The lowest BCUT2D eigenvalue weighted by Gasteiger charge is -2.27. The van der Waals surface area contributed by atoms with Crippen LogP contribution >= 0.6 is 0 Å². The number of fused-ring (bicyclic) bond motifs is 1. The molecule has 2 unspecified atom stereocenters. The smallest absolute Gasteiger partial charge is 0.254 e. The third kappa shape index (κ3) is 2.71. The Labute approximate surface area is 142 Å². The van der Waals surface area contributed by atoms with Gasteiger partial charge in [0.1, 0.15) is 6.04 Å². The number of carbonyl (C=O) groups excluding carboxylic acids is 2. The molecule has 1 aliphatic carbocycles. The molecule has 0 aromatic heterocycles. The van der Waals surface area contributed by atoms with E-state index < -0.39 is 12.1 Å². The van der Waals surface area contributed by atoms with Crippen molar-refractivity contribution in [1.29, 1.82) is 0 Å². The Bertz CT molecular complexity index is 667. The molecule has 1 N–H and O–H groups in total. The maximum atomic E-state index is 13.0. The number of amides is 2. The van der Waals surface area contributed by atoms with E-state index in [1.807, 2.05) is 23.1 Å². The Hall–Kier alpha value is -1.88. The fourth-order valence-electron chi connectivity index (χ4n) is 4.29. The van der Waals surface area contributed by atoms with Crippen LogP contribution < -0.4 is 0 Å². The van der Waals surface area contributed by atoms with Gasteiger partial charge in [-0.25, -0.2) is 0 Å².